The number of hydrogen-bond donors (Lipinski definition) is 2. The molecule has 0 unspecified atom stereocenters. The number of nitrogens with one attached hydrogen (secondary N) is 1. The zero-order valence-corrected chi connectivity index (χ0v) is 12.3. The van der Waals surface area contributed by atoms with Crippen molar-refractivity contribution in [1.82, 2.24) is 0 Å². The fraction of sp³-hybridized carbons (Fsp3) is 0.176. The van der Waals surface area contributed by atoms with E-state index in [0.717, 1.165) is 11.1 Å². The van der Waals surface area contributed by atoms with Gasteiger partial charge < -0.3 is 15.8 Å². The molecule has 22 heavy (non-hydrogen) atoms. The summed E-state index contributed by atoms with van der Waals surface area (Å²) in [4.78, 5) is 11.9. The summed E-state index contributed by atoms with van der Waals surface area (Å²) in [5.41, 5.74) is 8.82. The van der Waals surface area contributed by atoms with Gasteiger partial charge in [0, 0.05) is 11.4 Å². The maximum absolute atomic E-state index is 11.9. The van der Waals surface area contributed by atoms with Gasteiger partial charge in [-0.3, -0.25) is 4.79 Å². The smallest absolute Gasteiger partial charge is 0.262 e. The van der Waals surface area contributed by atoms with E-state index in [1.54, 1.807) is 36.4 Å². The fourth-order valence-corrected chi connectivity index (χ4v) is 1.90. The van der Waals surface area contributed by atoms with Crippen molar-refractivity contribution in [2.24, 2.45) is 0 Å². The van der Waals surface area contributed by atoms with Crippen molar-refractivity contribution in [2.45, 2.75) is 13.3 Å². The molecule has 0 aliphatic carbocycles. The van der Waals surface area contributed by atoms with E-state index in [1.807, 2.05) is 13.0 Å². The summed E-state index contributed by atoms with van der Waals surface area (Å²) >= 11 is 0. The van der Waals surface area contributed by atoms with Gasteiger partial charge in [0.25, 0.3) is 5.91 Å². The molecule has 112 valence electrons. The van der Waals surface area contributed by atoms with Crippen LogP contribution in [0.25, 0.3) is 0 Å². The van der Waals surface area contributed by atoms with Crippen molar-refractivity contribution in [2.75, 3.05) is 17.7 Å². The van der Waals surface area contributed by atoms with Gasteiger partial charge in [-0.15, -0.1) is 0 Å². The van der Waals surface area contributed by atoms with Gasteiger partial charge >= 0.3 is 0 Å². The van der Waals surface area contributed by atoms with E-state index in [2.05, 4.69) is 11.4 Å². The Morgan fingerprint density at radius 1 is 1.27 bits per heavy atom. The highest BCUT2D eigenvalue weighted by molar-refractivity contribution is 5.93. The molecule has 1 amide bonds. The van der Waals surface area contributed by atoms with E-state index in [-0.39, 0.29) is 12.5 Å². The number of benzene rings is 2. The first-order valence-corrected chi connectivity index (χ1v) is 6.83. The molecule has 0 spiro atoms. The minimum atomic E-state index is -0.255. The predicted molar refractivity (Wildman–Crippen MR) is 85.5 cm³/mol. The molecule has 0 heterocycles. The molecular weight excluding hydrogens is 278 g/mol. The Balaban J connectivity index is 1.90. The number of ether oxygens (including phenoxy) is 1. The zero-order chi connectivity index (χ0) is 15.9. The van der Waals surface area contributed by atoms with Crippen molar-refractivity contribution in [3.63, 3.8) is 0 Å². The number of carbonyl (C=O) groups is 1. The number of aryl methyl sites for hydroxylation is 1. The van der Waals surface area contributed by atoms with Gasteiger partial charge in [0.1, 0.15) is 5.75 Å². The molecule has 0 radical (unpaired) electrons. The van der Waals surface area contributed by atoms with E-state index < -0.39 is 0 Å². The van der Waals surface area contributed by atoms with Crippen molar-refractivity contribution >= 4 is 17.3 Å². The third-order valence-electron chi connectivity index (χ3n) is 3.11. The minimum Gasteiger partial charge on any atom is -0.484 e. The second-order valence-corrected chi connectivity index (χ2v) is 4.89. The maximum Gasteiger partial charge on any atom is 0.262 e. The van der Waals surface area contributed by atoms with Crippen LogP contribution in [0.1, 0.15) is 11.1 Å². The molecule has 0 aliphatic rings. The topological polar surface area (TPSA) is 88.1 Å². The van der Waals surface area contributed by atoms with Crippen molar-refractivity contribution in [1.29, 1.82) is 5.26 Å². The molecule has 2 aromatic rings. The third-order valence-corrected chi connectivity index (χ3v) is 3.11. The van der Waals surface area contributed by atoms with Crippen LogP contribution in [0, 0.1) is 18.3 Å². The number of hydrogen-bond acceptors (Lipinski definition) is 4. The molecule has 2 rings (SSSR count). The Morgan fingerprint density at radius 2 is 2.00 bits per heavy atom. The van der Waals surface area contributed by atoms with Gasteiger partial charge in [0.2, 0.25) is 0 Å². The van der Waals surface area contributed by atoms with Crippen molar-refractivity contribution in [3.8, 4) is 11.8 Å². The average molecular weight is 295 g/mol. The lowest BCUT2D eigenvalue weighted by Crippen LogP contribution is -2.20. The summed E-state index contributed by atoms with van der Waals surface area (Å²) in [5, 5.41) is 11.4. The summed E-state index contributed by atoms with van der Waals surface area (Å²) in [6.07, 6.45) is 0.357. The van der Waals surface area contributed by atoms with Crippen LogP contribution in [0.15, 0.2) is 42.5 Å². The lowest BCUT2D eigenvalue weighted by atomic mass is 10.2. The minimum absolute atomic E-state index is 0.0914. The molecular formula is C17H17N3O2. The highest BCUT2D eigenvalue weighted by Gasteiger charge is 2.06. The molecule has 3 N–H and O–H groups in total. The second-order valence-electron chi connectivity index (χ2n) is 4.89. The van der Waals surface area contributed by atoms with Crippen LogP contribution < -0.4 is 15.8 Å². The van der Waals surface area contributed by atoms with E-state index in [0.29, 0.717) is 23.5 Å². The van der Waals surface area contributed by atoms with Gasteiger partial charge in [0.05, 0.1) is 12.5 Å². The number of carbonyl (C=O) groups excluding carboxylic acids is 1. The van der Waals surface area contributed by atoms with Crippen LogP contribution in [0.4, 0.5) is 11.4 Å². The Morgan fingerprint density at radius 3 is 2.68 bits per heavy atom. The largest absolute Gasteiger partial charge is 0.484 e. The number of nitrogen functional groups attached to an aromatic ring is 1. The van der Waals surface area contributed by atoms with E-state index in [4.69, 9.17) is 15.7 Å². The first-order chi connectivity index (χ1) is 10.6. The first-order valence-electron chi connectivity index (χ1n) is 6.83. The molecule has 0 aliphatic heterocycles. The van der Waals surface area contributed by atoms with Crippen LogP contribution in [0.2, 0.25) is 0 Å². The normalized spacial score (nSPS) is 9.82. The summed E-state index contributed by atoms with van der Waals surface area (Å²) < 4.78 is 5.42. The SMILES string of the molecule is Cc1ccc(N)cc1NC(=O)COc1ccc(CC#N)cc1. The summed E-state index contributed by atoms with van der Waals surface area (Å²) in [6.45, 7) is 1.80. The summed E-state index contributed by atoms with van der Waals surface area (Å²) in [5.74, 6) is 0.330. The molecule has 0 bridgehead atoms. The number of nitriles is 1. The zero-order valence-electron chi connectivity index (χ0n) is 12.3. The number of nitrogens with two attached hydrogens (primary N) is 1. The van der Waals surface area contributed by atoms with Gasteiger partial charge in [-0.1, -0.05) is 18.2 Å². The third kappa shape index (κ3) is 4.25. The number of nitrogens with zero attached hydrogens (tertiary/aromatic N) is 1. The van der Waals surface area contributed by atoms with Crippen LogP contribution in [-0.2, 0) is 11.2 Å². The van der Waals surface area contributed by atoms with Crippen molar-refractivity contribution in [3.05, 3.63) is 53.6 Å². The Bertz CT molecular complexity index is 703. The average Bonchev–Trinajstić information content (AvgIpc) is 2.51. The van der Waals surface area contributed by atoms with Crippen molar-refractivity contribution < 1.29 is 9.53 Å². The first kappa shape index (κ1) is 15.4. The number of amides is 1. The highest BCUT2D eigenvalue weighted by Crippen LogP contribution is 2.18. The van der Waals surface area contributed by atoms with E-state index >= 15 is 0 Å². The van der Waals surface area contributed by atoms with Crippen LogP contribution >= 0.6 is 0 Å². The molecule has 0 atom stereocenters. The molecule has 0 aromatic heterocycles. The van der Waals surface area contributed by atoms with E-state index in [9.17, 15) is 4.79 Å². The molecule has 0 saturated heterocycles. The molecule has 0 saturated carbocycles. The predicted octanol–water partition coefficient (Wildman–Crippen LogP) is 2.66. The number of anilines is 2. The molecule has 5 heteroatoms. The highest BCUT2D eigenvalue weighted by atomic mass is 16.5. The summed E-state index contributed by atoms with van der Waals surface area (Å²) in [6, 6.07) is 14.5. The lowest BCUT2D eigenvalue weighted by Gasteiger charge is -2.10. The maximum atomic E-state index is 11.9. The summed E-state index contributed by atoms with van der Waals surface area (Å²) in [7, 11) is 0. The Labute approximate surface area is 129 Å². The molecule has 0 fully saturated rings. The van der Waals surface area contributed by atoms with Gasteiger partial charge in [-0.2, -0.15) is 5.26 Å². The molecule has 5 nitrogen and oxygen atoms in total. The van der Waals surface area contributed by atoms with Gasteiger partial charge in [-0.25, -0.2) is 0 Å². The monoisotopic (exact) mass is 295 g/mol. The second kappa shape index (κ2) is 7.14. The van der Waals surface area contributed by atoms with Crippen LogP contribution in [0.5, 0.6) is 5.75 Å². The Hall–Kier alpha value is -3.00. The quantitative estimate of drug-likeness (QED) is 0.830. The van der Waals surface area contributed by atoms with Gasteiger partial charge in [0.15, 0.2) is 6.61 Å². The lowest BCUT2D eigenvalue weighted by molar-refractivity contribution is -0.118. The van der Waals surface area contributed by atoms with Crippen LogP contribution in [-0.4, -0.2) is 12.5 Å². The van der Waals surface area contributed by atoms with E-state index in [1.165, 1.54) is 0 Å². The number of rotatable bonds is 5. The Kier molecular flexibility index (Phi) is 4.99. The fourth-order valence-electron chi connectivity index (χ4n) is 1.90. The van der Waals surface area contributed by atoms with Crippen LogP contribution in [0.3, 0.4) is 0 Å². The standard InChI is InChI=1S/C17H17N3O2/c1-12-2-5-14(19)10-16(12)20-17(21)11-22-15-6-3-13(4-7-15)8-9-18/h2-7,10H,8,11,19H2,1H3,(H,20,21). The molecule has 2 aromatic carbocycles. The van der Waals surface area contributed by atoms with Gasteiger partial charge in [-0.05, 0) is 42.3 Å².